The first kappa shape index (κ1) is 15.0. The summed E-state index contributed by atoms with van der Waals surface area (Å²) < 4.78 is 5.58. The van der Waals surface area contributed by atoms with Crippen LogP contribution in [-0.4, -0.2) is 24.7 Å². The van der Waals surface area contributed by atoms with E-state index in [0.29, 0.717) is 6.54 Å². The standard InChI is InChI=1S/C16H24N2O2/c1-2-3-4-12-5-7-13(8-6-12)18-16(19)15-10-9-14(11-17)20-15/h5-8,14-15H,2-4,9-11,17H2,1H3,(H,18,19). The molecule has 1 amide bonds. The van der Waals surface area contributed by atoms with Gasteiger partial charge >= 0.3 is 0 Å². The van der Waals surface area contributed by atoms with Crippen molar-refractivity contribution in [1.29, 1.82) is 0 Å². The highest BCUT2D eigenvalue weighted by molar-refractivity contribution is 5.94. The Morgan fingerprint density at radius 2 is 2.10 bits per heavy atom. The Morgan fingerprint density at radius 3 is 2.70 bits per heavy atom. The van der Waals surface area contributed by atoms with E-state index in [2.05, 4.69) is 24.4 Å². The van der Waals surface area contributed by atoms with Crippen molar-refractivity contribution < 1.29 is 9.53 Å². The van der Waals surface area contributed by atoms with Crippen LogP contribution in [0.3, 0.4) is 0 Å². The molecular weight excluding hydrogens is 252 g/mol. The van der Waals surface area contributed by atoms with Crippen LogP contribution in [0.15, 0.2) is 24.3 Å². The molecular formula is C16H24N2O2. The molecule has 1 fully saturated rings. The van der Waals surface area contributed by atoms with Crippen LogP contribution in [0.1, 0.15) is 38.2 Å². The number of nitrogens with one attached hydrogen (secondary N) is 1. The second kappa shape index (κ2) is 7.41. The molecule has 1 aromatic rings. The summed E-state index contributed by atoms with van der Waals surface area (Å²) in [4.78, 5) is 12.1. The van der Waals surface area contributed by atoms with Gasteiger partial charge in [-0.05, 0) is 43.4 Å². The number of ether oxygens (including phenoxy) is 1. The van der Waals surface area contributed by atoms with Crippen LogP contribution >= 0.6 is 0 Å². The summed E-state index contributed by atoms with van der Waals surface area (Å²) in [6.45, 7) is 2.67. The lowest BCUT2D eigenvalue weighted by Gasteiger charge is -2.13. The molecule has 1 aliphatic rings. The van der Waals surface area contributed by atoms with Gasteiger partial charge in [0.15, 0.2) is 0 Å². The van der Waals surface area contributed by atoms with Crippen LogP contribution in [0.2, 0.25) is 0 Å². The number of carbonyl (C=O) groups excluding carboxylic acids is 1. The summed E-state index contributed by atoms with van der Waals surface area (Å²) in [6.07, 6.45) is 4.77. The molecule has 0 spiro atoms. The van der Waals surface area contributed by atoms with Crippen molar-refractivity contribution in [2.75, 3.05) is 11.9 Å². The number of unbranched alkanes of at least 4 members (excludes halogenated alkanes) is 1. The zero-order valence-electron chi connectivity index (χ0n) is 12.1. The third-order valence-corrected chi connectivity index (χ3v) is 3.70. The van der Waals surface area contributed by atoms with Gasteiger partial charge in [0.25, 0.3) is 5.91 Å². The highest BCUT2D eigenvalue weighted by Gasteiger charge is 2.29. The van der Waals surface area contributed by atoms with Crippen molar-refractivity contribution in [2.45, 2.75) is 51.2 Å². The van der Waals surface area contributed by atoms with Crippen LogP contribution in [0, 0.1) is 0 Å². The maximum Gasteiger partial charge on any atom is 0.253 e. The Morgan fingerprint density at radius 1 is 1.35 bits per heavy atom. The lowest BCUT2D eigenvalue weighted by Crippen LogP contribution is -2.29. The number of hydrogen-bond acceptors (Lipinski definition) is 3. The Balaban J connectivity index is 1.85. The molecule has 4 heteroatoms. The fraction of sp³-hybridized carbons (Fsp3) is 0.562. The topological polar surface area (TPSA) is 64.4 Å². The molecule has 2 atom stereocenters. The second-order valence-corrected chi connectivity index (χ2v) is 5.35. The van der Waals surface area contributed by atoms with Gasteiger partial charge in [0.1, 0.15) is 6.10 Å². The van der Waals surface area contributed by atoms with Gasteiger partial charge in [-0.1, -0.05) is 25.5 Å². The number of anilines is 1. The predicted molar refractivity (Wildman–Crippen MR) is 80.6 cm³/mol. The van der Waals surface area contributed by atoms with Crippen LogP contribution in [-0.2, 0) is 16.0 Å². The molecule has 1 heterocycles. The van der Waals surface area contributed by atoms with Gasteiger partial charge in [-0.3, -0.25) is 4.79 Å². The zero-order chi connectivity index (χ0) is 14.4. The second-order valence-electron chi connectivity index (χ2n) is 5.35. The summed E-state index contributed by atoms with van der Waals surface area (Å²) in [5, 5.41) is 2.91. The van der Waals surface area contributed by atoms with Crippen LogP contribution in [0.5, 0.6) is 0 Å². The van der Waals surface area contributed by atoms with E-state index in [-0.39, 0.29) is 18.1 Å². The van der Waals surface area contributed by atoms with E-state index >= 15 is 0 Å². The van der Waals surface area contributed by atoms with E-state index in [1.165, 1.54) is 18.4 Å². The Kier molecular flexibility index (Phi) is 5.56. The molecule has 0 bridgehead atoms. The summed E-state index contributed by atoms with van der Waals surface area (Å²) in [5.41, 5.74) is 7.69. The molecule has 0 aliphatic carbocycles. The third-order valence-electron chi connectivity index (χ3n) is 3.70. The lowest BCUT2D eigenvalue weighted by atomic mass is 10.1. The molecule has 0 saturated carbocycles. The van der Waals surface area contributed by atoms with Gasteiger partial charge < -0.3 is 15.8 Å². The number of hydrogen-bond donors (Lipinski definition) is 2. The average molecular weight is 276 g/mol. The molecule has 0 aromatic heterocycles. The zero-order valence-corrected chi connectivity index (χ0v) is 12.1. The number of nitrogens with two attached hydrogens (primary N) is 1. The van der Waals surface area contributed by atoms with Crippen molar-refractivity contribution in [3.8, 4) is 0 Å². The van der Waals surface area contributed by atoms with E-state index in [0.717, 1.165) is 24.9 Å². The van der Waals surface area contributed by atoms with Gasteiger partial charge in [-0.15, -0.1) is 0 Å². The van der Waals surface area contributed by atoms with Gasteiger partial charge in [0.05, 0.1) is 6.10 Å². The Hall–Kier alpha value is -1.39. The summed E-state index contributed by atoms with van der Waals surface area (Å²) in [7, 11) is 0. The first-order valence-electron chi connectivity index (χ1n) is 7.48. The summed E-state index contributed by atoms with van der Waals surface area (Å²) >= 11 is 0. The number of aryl methyl sites for hydroxylation is 1. The van der Waals surface area contributed by atoms with Crippen LogP contribution in [0.4, 0.5) is 5.69 Å². The predicted octanol–water partition coefficient (Wildman–Crippen LogP) is 2.47. The van der Waals surface area contributed by atoms with E-state index in [4.69, 9.17) is 10.5 Å². The van der Waals surface area contributed by atoms with Crippen molar-refractivity contribution in [2.24, 2.45) is 5.73 Å². The number of benzene rings is 1. The lowest BCUT2D eigenvalue weighted by molar-refractivity contribution is -0.126. The van der Waals surface area contributed by atoms with Crippen molar-refractivity contribution >= 4 is 11.6 Å². The maximum absolute atomic E-state index is 12.1. The third kappa shape index (κ3) is 4.05. The molecule has 0 radical (unpaired) electrons. The first-order chi connectivity index (χ1) is 9.72. The SMILES string of the molecule is CCCCc1ccc(NC(=O)C2CCC(CN)O2)cc1. The Bertz CT molecular complexity index is 431. The first-order valence-corrected chi connectivity index (χ1v) is 7.48. The number of carbonyl (C=O) groups is 1. The monoisotopic (exact) mass is 276 g/mol. The number of amides is 1. The van der Waals surface area contributed by atoms with Gasteiger partial charge in [0, 0.05) is 12.2 Å². The van der Waals surface area contributed by atoms with E-state index in [1.54, 1.807) is 0 Å². The van der Waals surface area contributed by atoms with Crippen molar-refractivity contribution in [3.05, 3.63) is 29.8 Å². The quantitative estimate of drug-likeness (QED) is 0.839. The highest BCUT2D eigenvalue weighted by Crippen LogP contribution is 2.20. The normalized spacial score (nSPS) is 21.9. The van der Waals surface area contributed by atoms with E-state index < -0.39 is 0 Å². The smallest absolute Gasteiger partial charge is 0.253 e. The summed E-state index contributed by atoms with van der Waals surface area (Å²) in [5.74, 6) is -0.0674. The molecule has 20 heavy (non-hydrogen) atoms. The fourth-order valence-corrected chi connectivity index (χ4v) is 2.43. The minimum absolute atomic E-state index is 0.0298. The number of rotatable bonds is 6. The van der Waals surface area contributed by atoms with Gasteiger partial charge in [0.2, 0.25) is 0 Å². The van der Waals surface area contributed by atoms with Crippen LogP contribution < -0.4 is 11.1 Å². The molecule has 1 aromatic carbocycles. The van der Waals surface area contributed by atoms with E-state index in [9.17, 15) is 4.79 Å². The Labute approximate surface area is 120 Å². The molecule has 4 nitrogen and oxygen atoms in total. The van der Waals surface area contributed by atoms with Crippen molar-refractivity contribution in [1.82, 2.24) is 0 Å². The molecule has 1 aliphatic heterocycles. The van der Waals surface area contributed by atoms with Gasteiger partial charge in [-0.25, -0.2) is 0 Å². The summed E-state index contributed by atoms with van der Waals surface area (Å²) in [6, 6.07) is 8.06. The van der Waals surface area contributed by atoms with E-state index in [1.807, 2.05) is 12.1 Å². The molecule has 2 rings (SSSR count). The van der Waals surface area contributed by atoms with Crippen LogP contribution in [0.25, 0.3) is 0 Å². The molecule has 3 N–H and O–H groups in total. The molecule has 2 unspecified atom stereocenters. The largest absolute Gasteiger partial charge is 0.364 e. The van der Waals surface area contributed by atoms with Crippen molar-refractivity contribution in [3.63, 3.8) is 0 Å². The highest BCUT2D eigenvalue weighted by atomic mass is 16.5. The molecule has 110 valence electrons. The maximum atomic E-state index is 12.1. The molecule has 1 saturated heterocycles. The fourth-order valence-electron chi connectivity index (χ4n) is 2.43. The average Bonchev–Trinajstić information content (AvgIpc) is 2.95. The minimum Gasteiger partial charge on any atom is -0.364 e. The minimum atomic E-state index is -0.358. The van der Waals surface area contributed by atoms with Gasteiger partial charge in [-0.2, -0.15) is 0 Å².